The summed E-state index contributed by atoms with van der Waals surface area (Å²) in [5.74, 6) is 0.870. The maximum Gasteiger partial charge on any atom is 0.491 e. The highest BCUT2D eigenvalue weighted by Gasteiger charge is 2.44. The lowest BCUT2D eigenvalue weighted by molar-refractivity contribution is -0.0236. The molecule has 204 valence electrons. The number of hydrogen-bond donors (Lipinski definition) is 4. The Morgan fingerprint density at radius 2 is 2.05 bits per heavy atom. The molecule has 0 saturated carbocycles. The molecule has 39 heavy (non-hydrogen) atoms. The fourth-order valence-electron chi connectivity index (χ4n) is 6.17. The first kappa shape index (κ1) is 26.7. The fourth-order valence-corrected chi connectivity index (χ4v) is 8.10. The third-order valence-corrected chi connectivity index (χ3v) is 10.6. The van der Waals surface area contributed by atoms with E-state index in [-0.39, 0.29) is 18.1 Å². The van der Waals surface area contributed by atoms with Gasteiger partial charge in [-0.25, -0.2) is 4.79 Å². The molecule has 2 atom stereocenters. The number of benzene rings is 2. The average molecular weight is 567 g/mol. The van der Waals surface area contributed by atoms with Crippen LogP contribution in [0.25, 0.3) is 11.1 Å². The minimum atomic E-state index is -1.04. The van der Waals surface area contributed by atoms with Gasteiger partial charge in [-0.1, -0.05) is 24.3 Å². The van der Waals surface area contributed by atoms with E-state index < -0.39 is 19.4 Å². The van der Waals surface area contributed by atoms with Gasteiger partial charge in [0.2, 0.25) is 0 Å². The zero-order valence-corrected chi connectivity index (χ0v) is 23.5. The van der Waals surface area contributed by atoms with Gasteiger partial charge in [0.05, 0.1) is 16.9 Å². The van der Waals surface area contributed by atoms with Gasteiger partial charge < -0.3 is 29.9 Å². The number of likely N-dealkylation sites (tertiary alicyclic amines) is 1. The first-order valence-electron chi connectivity index (χ1n) is 13.1. The highest BCUT2D eigenvalue weighted by Crippen LogP contribution is 2.48. The molecule has 0 radical (unpaired) electrons. The summed E-state index contributed by atoms with van der Waals surface area (Å²) in [5.41, 5.74) is 5.86. The quantitative estimate of drug-likeness (QED) is 0.261. The van der Waals surface area contributed by atoms with Gasteiger partial charge in [-0.15, -0.1) is 23.1 Å². The molecular formula is C28H31BN2O6S2. The zero-order valence-electron chi connectivity index (χ0n) is 21.8. The summed E-state index contributed by atoms with van der Waals surface area (Å²) in [6.45, 7) is 4.27. The van der Waals surface area contributed by atoms with E-state index in [2.05, 4.69) is 28.4 Å². The van der Waals surface area contributed by atoms with Crippen molar-refractivity contribution in [3.8, 4) is 16.9 Å². The largest absolute Gasteiger partial charge is 0.492 e. The molecule has 1 saturated heterocycles. The summed E-state index contributed by atoms with van der Waals surface area (Å²) in [5, 5.41) is 33.2. The Kier molecular flexibility index (Phi) is 7.15. The van der Waals surface area contributed by atoms with Crippen LogP contribution in [0, 0.1) is 0 Å². The van der Waals surface area contributed by atoms with Crippen LogP contribution in [0.4, 0.5) is 4.79 Å². The van der Waals surface area contributed by atoms with Crippen molar-refractivity contribution in [1.82, 2.24) is 10.2 Å². The molecule has 3 aromatic rings. The standard InChI is InChI=1S/C28H31BN2O6S2/c1-16-24-18(4-3-5-21(24)29(35)37-16)19-13-23(39-26(19)38-2)25(32)31-10-8-28(9-11-31)15-36-22-7-6-17(12-20(22)28)14-30-27(33)34/h3-7,12-13,16,25,30,32,35H,8-11,14-15H2,1-2H3,(H,33,34). The number of ether oxygens (including phenoxy) is 1. The molecule has 4 N–H and O–H groups in total. The van der Waals surface area contributed by atoms with Crippen molar-refractivity contribution in [1.29, 1.82) is 0 Å². The van der Waals surface area contributed by atoms with Gasteiger partial charge in [0, 0.05) is 41.1 Å². The lowest BCUT2D eigenvalue weighted by Gasteiger charge is -2.40. The Labute approximate surface area is 236 Å². The maximum atomic E-state index is 11.5. The monoisotopic (exact) mass is 566 g/mol. The molecule has 2 unspecified atom stereocenters. The van der Waals surface area contributed by atoms with Crippen molar-refractivity contribution in [2.75, 3.05) is 26.0 Å². The minimum Gasteiger partial charge on any atom is -0.492 e. The van der Waals surface area contributed by atoms with E-state index in [4.69, 9.17) is 14.5 Å². The zero-order chi connectivity index (χ0) is 27.3. The molecule has 8 nitrogen and oxygen atoms in total. The van der Waals surface area contributed by atoms with Crippen molar-refractivity contribution in [3.63, 3.8) is 0 Å². The van der Waals surface area contributed by atoms with Crippen LogP contribution >= 0.6 is 23.1 Å². The Balaban J connectivity index is 1.21. The second-order valence-corrected chi connectivity index (χ2v) is 12.6. The van der Waals surface area contributed by atoms with Crippen LogP contribution in [0.2, 0.25) is 0 Å². The predicted octanol–water partition coefficient (Wildman–Crippen LogP) is 4.10. The Morgan fingerprint density at radius 3 is 2.79 bits per heavy atom. The van der Waals surface area contributed by atoms with E-state index in [0.29, 0.717) is 6.61 Å². The molecule has 0 aliphatic carbocycles. The number of thiophene rings is 1. The molecule has 0 bridgehead atoms. The van der Waals surface area contributed by atoms with Crippen molar-refractivity contribution < 1.29 is 29.4 Å². The summed E-state index contributed by atoms with van der Waals surface area (Å²) in [6.07, 6.45) is 1.78. The normalized spacial score (nSPS) is 20.5. The highest BCUT2D eigenvalue weighted by atomic mass is 32.2. The molecule has 3 aliphatic heterocycles. The van der Waals surface area contributed by atoms with Crippen LogP contribution in [0.15, 0.2) is 46.7 Å². The van der Waals surface area contributed by atoms with E-state index in [1.807, 2.05) is 37.4 Å². The summed E-state index contributed by atoms with van der Waals surface area (Å²) < 4.78 is 12.8. The maximum absolute atomic E-state index is 11.5. The number of rotatable bonds is 6. The summed E-state index contributed by atoms with van der Waals surface area (Å²) in [6, 6.07) is 13.9. The SMILES string of the molecule is CSc1sc(C(O)N2CCC3(CC2)COc2ccc(CNC(=O)O)cc23)cc1-c1cccc2c1C(C)OB2O. The van der Waals surface area contributed by atoms with Crippen LogP contribution in [0.1, 0.15) is 53.7 Å². The van der Waals surface area contributed by atoms with Crippen molar-refractivity contribution in [2.45, 2.75) is 48.3 Å². The third kappa shape index (κ3) is 4.75. The van der Waals surface area contributed by atoms with Crippen LogP contribution in [-0.4, -0.2) is 59.3 Å². The number of aliphatic hydroxyl groups is 1. The van der Waals surface area contributed by atoms with E-state index in [9.17, 15) is 14.9 Å². The average Bonchev–Trinajstić information content (AvgIpc) is 3.61. The molecule has 3 aliphatic rings. The molecule has 1 amide bonds. The van der Waals surface area contributed by atoms with Crippen LogP contribution in [0.3, 0.4) is 0 Å². The number of nitrogens with one attached hydrogen (secondary N) is 1. The number of amides is 1. The predicted molar refractivity (Wildman–Crippen MR) is 153 cm³/mol. The van der Waals surface area contributed by atoms with Crippen molar-refractivity contribution >= 4 is 41.8 Å². The second kappa shape index (κ2) is 10.5. The van der Waals surface area contributed by atoms with Crippen molar-refractivity contribution in [2.24, 2.45) is 0 Å². The molecular weight excluding hydrogens is 535 g/mol. The fraction of sp³-hybridized carbons (Fsp3) is 0.393. The molecule has 1 spiro atoms. The second-order valence-electron chi connectivity index (χ2n) is 10.5. The first-order chi connectivity index (χ1) is 18.8. The van der Waals surface area contributed by atoms with Gasteiger partial charge in [0.25, 0.3) is 0 Å². The van der Waals surface area contributed by atoms with Crippen molar-refractivity contribution in [3.05, 3.63) is 64.0 Å². The minimum absolute atomic E-state index is 0.128. The number of fused-ring (bicyclic) bond motifs is 3. The lowest BCUT2D eigenvalue weighted by Crippen LogP contribution is -2.44. The van der Waals surface area contributed by atoms with E-state index in [1.54, 1.807) is 23.1 Å². The van der Waals surface area contributed by atoms with Gasteiger partial charge in [-0.3, -0.25) is 4.90 Å². The number of hydrogen-bond acceptors (Lipinski definition) is 8. The van der Waals surface area contributed by atoms with Gasteiger partial charge >= 0.3 is 13.2 Å². The summed E-state index contributed by atoms with van der Waals surface area (Å²) >= 11 is 3.28. The van der Waals surface area contributed by atoms with Crippen LogP contribution in [0.5, 0.6) is 5.75 Å². The molecule has 1 aromatic heterocycles. The molecule has 11 heteroatoms. The summed E-state index contributed by atoms with van der Waals surface area (Å²) in [7, 11) is -0.911. The van der Waals surface area contributed by atoms with Gasteiger partial charge in [-0.05, 0) is 66.4 Å². The number of aliphatic hydroxyl groups excluding tert-OH is 1. The topological polar surface area (TPSA) is 111 Å². The van der Waals surface area contributed by atoms with Gasteiger partial charge in [-0.2, -0.15) is 0 Å². The Bertz CT molecular complexity index is 1410. The number of nitrogens with zero attached hydrogens (tertiary/aromatic N) is 1. The Hall–Kier alpha value is -2.54. The number of carboxylic acid groups (broad SMARTS) is 1. The third-order valence-electron chi connectivity index (χ3n) is 8.26. The van der Waals surface area contributed by atoms with E-state index in [0.717, 1.165) is 74.0 Å². The number of piperidine rings is 1. The van der Waals surface area contributed by atoms with E-state index >= 15 is 0 Å². The number of thioether (sulfide) groups is 1. The van der Waals surface area contributed by atoms with Gasteiger partial charge in [0.15, 0.2) is 0 Å². The molecule has 2 aromatic carbocycles. The summed E-state index contributed by atoms with van der Waals surface area (Å²) in [4.78, 5) is 14.0. The van der Waals surface area contributed by atoms with Crippen LogP contribution in [-0.2, 0) is 16.6 Å². The molecule has 4 heterocycles. The van der Waals surface area contributed by atoms with Gasteiger partial charge in [0.1, 0.15) is 12.0 Å². The molecule has 6 rings (SSSR count). The smallest absolute Gasteiger partial charge is 0.491 e. The number of carbonyl (C=O) groups is 1. The lowest BCUT2D eigenvalue weighted by atomic mass is 9.74. The first-order valence-corrected chi connectivity index (χ1v) is 15.1. The molecule has 1 fully saturated rings. The van der Waals surface area contributed by atoms with E-state index in [1.165, 1.54) is 0 Å². The highest BCUT2D eigenvalue weighted by molar-refractivity contribution is 8.00. The van der Waals surface area contributed by atoms with Crippen LogP contribution < -0.4 is 15.5 Å². The Morgan fingerprint density at radius 1 is 1.26 bits per heavy atom.